The Bertz CT molecular complexity index is 748. The van der Waals surface area contributed by atoms with Crippen molar-refractivity contribution < 1.29 is 19.1 Å². The van der Waals surface area contributed by atoms with Gasteiger partial charge in [-0.25, -0.2) is 0 Å². The van der Waals surface area contributed by atoms with Crippen molar-refractivity contribution in [3.05, 3.63) is 46.4 Å². The van der Waals surface area contributed by atoms with Crippen molar-refractivity contribution in [2.24, 2.45) is 0 Å². The number of amides is 1. The minimum absolute atomic E-state index is 0.0955. The first-order valence-electron chi connectivity index (χ1n) is 7.24. The first-order valence-corrected chi connectivity index (χ1v) is 7.24. The van der Waals surface area contributed by atoms with Gasteiger partial charge in [-0.1, -0.05) is 6.92 Å². The van der Waals surface area contributed by atoms with Crippen LogP contribution in [0, 0.1) is 0 Å². The Balaban J connectivity index is 2.34. The average Bonchev–Trinajstić information content (AvgIpc) is 3.05. The SMILES string of the molecule is CCC(C)N(CC(=O)O)C(=O)c1ccc(-c2ccco2)[nH]c1=O. The van der Waals surface area contributed by atoms with Crippen LogP contribution in [0.25, 0.3) is 11.5 Å². The molecule has 2 N–H and O–H groups in total. The van der Waals surface area contributed by atoms with Gasteiger partial charge in [0.15, 0.2) is 0 Å². The maximum absolute atomic E-state index is 12.5. The Hall–Kier alpha value is -2.83. The molecule has 0 spiro atoms. The zero-order chi connectivity index (χ0) is 17.0. The highest BCUT2D eigenvalue weighted by molar-refractivity contribution is 5.95. The number of carboxylic acid groups (broad SMARTS) is 1. The van der Waals surface area contributed by atoms with Crippen molar-refractivity contribution >= 4 is 11.9 Å². The molecule has 0 fully saturated rings. The number of carboxylic acids is 1. The fraction of sp³-hybridized carbons (Fsp3) is 0.312. The second kappa shape index (κ2) is 6.95. The molecule has 0 bridgehead atoms. The van der Waals surface area contributed by atoms with Crippen LogP contribution in [0.4, 0.5) is 0 Å². The summed E-state index contributed by atoms with van der Waals surface area (Å²) in [7, 11) is 0. The molecule has 0 saturated heterocycles. The molecule has 0 saturated carbocycles. The Labute approximate surface area is 132 Å². The van der Waals surface area contributed by atoms with Crippen molar-refractivity contribution in [2.45, 2.75) is 26.3 Å². The third kappa shape index (κ3) is 3.68. The van der Waals surface area contributed by atoms with Crippen LogP contribution in [-0.4, -0.2) is 39.5 Å². The number of furan rings is 1. The number of hydrogen-bond acceptors (Lipinski definition) is 4. The smallest absolute Gasteiger partial charge is 0.323 e. The van der Waals surface area contributed by atoms with E-state index in [4.69, 9.17) is 9.52 Å². The summed E-state index contributed by atoms with van der Waals surface area (Å²) in [4.78, 5) is 39.4. The number of aliphatic carboxylic acids is 1. The molecule has 1 atom stereocenters. The van der Waals surface area contributed by atoms with Crippen molar-refractivity contribution in [1.82, 2.24) is 9.88 Å². The molecule has 0 aliphatic heterocycles. The zero-order valence-corrected chi connectivity index (χ0v) is 12.9. The summed E-state index contributed by atoms with van der Waals surface area (Å²) >= 11 is 0. The lowest BCUT2D eigenvalue weighted by molar-refractivity contribution is -0.138. The average molecular weight is 318 g/mol. The van der Waals surface area contributed by atoms with Crippen LogP contribution in [0.1, 0.15) is 30.6 Å². The van der Waals surface area contributed by atoms with E-state index in [2.05, 4.69) is 4.98 Å². The monoisotopic (exact) mass is 318 g/mol. The second-order valence-electron chi connectivity index (χ2n) is 5.18. The number of pyridine rings is 1. The molecule has 1 unspecified atom stereocenters. The summed E-state index contributed by atoms with van der Waals surface area (Å²) in [6.45, 7) is 3.14. The molecule has 2 heterocycles. The van der Waals surface area contributed by atoms with Gasteiger partial charge in [-0.15, -0.1) is 0 Å². The second-order valence-corrected chi connectivity index (χ2v) is 5.18. The van der Waals surface area contributed by atoms with E-state index < -0.39 is 24.0 Å². The lowest BCUT2D eigenvalue weighted by Gasteiger charge is -2.26. The molecule has 7 nitrogen and oxygen atoms in total. The van der Waals surface area contributed by atoms with Gasteiger partial charge < -0.3 is 19.4 Å². The number of nitrogens with one attached hydrogen (secondary N) is 1. The van der Waals surface area contributed by atoms with Crippen LogP contribution in [0.3, 0.4) is 0 Å². The molecular formula is C16H18N2O5. The van der Waals surface area contributed by atoms with E-state index in [1.54, 1.807) is 25.1 Å². The third-order valence-corrected chi connectivity index (χ3v) is 3.62. The number of H-pyrrole nitrogens is 1. The first kappa shape index (κ1) is 16.5. The highest BCUT2D eigenvalue weighted by Crippen LogP contribution is 2.16. The van der Waals surface area contributed by atoms with Crippen LogP contribution in [-0.2, 0) is 4.79 Å². The van der Waals surface area contributed by atoms with E-state index in [-0.39, 0.29) is 11.6 Å². The topological polar surface area (TPSA) is 104 Å². The highest BCUT2D eigenvalue weighted by Gasteiger charge is 2.25. The van der Waals surface area contributed by atoms with E-state index in [0.29, 0.717) is 17.9 Å². The number of carbonyl (C=O) groups excluding carboxylic acids is 1. The first-order chi connectivity index (χ1) is 10.9. The summed E-state index contributed by atoms with van der Waals surface area (Å²) in [6, 6.07) is 6.02. The summed E-state index contributed by atoms with van der Waals surface area (Å²) < 4.78 is 5.19. The van der Waals surface area contributed by atoms with Gasteiger partial charge in [0, 0.05) is 6.04 Å². The number of aromatic nitrogens is 1. The van der Waals surface area contributed by atoms with Gasteiger partial charge in [0.25, 0.3) is 11.5 Å². The van der Waals surface area contributed by atoms with Crippen LogP contribution >= 0.6 is 0 Å². The van der Waals surface area contributed by atoms with Crippen molar-refractivity contribution in [3.8, 4) is 11.5 Å². The predicted molar refractivity (Wildman–Crippen MR) is 83.2 cm³/mol. The number of rotatable bonds is 6. The van der Waals surface area contributed by atoms with Crippen LogP contribution in [0.2, 0.25) is 0 Å². The van der Waals surface area contributed by atoms with Crippen molar-refractivity contribution in [2.75, 3.05) is 6.54 Å². The van der Waals surface area contributed by atoms with Crippen LogP contribution in [0.15, 0.2) is 39.7 Å². The lowest BCUT2D eigenvalue weighted by atomic mass is 10.1. The van der Waals surface area contributed by atoms with E-state index in [1.807, 2.05) is 6.92 Å². The highest BCUT2D eigenvalue weighted by atomic mass is 16.4. The summed E-state index contributed by atoms with van der Waals surface area (Å²) in [6.07, 6.45) is 2.06. The minimum atomic E-state index is -1.12. The fourth-order valence-corrected chi connectivity index (χ4v) is 2.17. The maximum atomic E-state index is 12.5. The summed E-state index contributed by atoms with van der Waals surface area (Å²) in [5.41, 5.74) is -0.227. The van der Waals surface area contributed by atoms with Crippen molar-refractivity contribution in [1.29, 1.82) is 0 Å². The van der Waals surface area contributed by atoms with E-state index >= 15 is 0 Å². The molecule has 0 aliphatic carbocycles. The minimum Gasteiger partial charge on any atom is -0.480 e. The molecule has 0 radical (unpaired) electrons. The Kier molecular flexibility index (Phi) is 5.00. The van der Waals surface area contributed by atoms with E-state index in [1.165, 1.54) is 17.2 Å². The number of carbonyl (C=O) groups is 2. The standard InChI is InChI=1S/C16H18N2O5/c1-3-10(2)18(9-14(19)20)16(22)11-6-7-12(17-15(11)21)13-5-4-8-23-13/h4-8,10H,3,9H2,1-2H3,(H,17,21)(H,19,20). The number of nitrogens with zero attached hydrogens (tertiary/aromatic N) is 1. The van der Waals surface area contributed by atoms with Gasteiger partial charge in [-0.3, -0.25) is 14.4 Å². The molecule has 122 valence electrons. The van der Waals surface area contributed by atoms with E-state index in [0.717, 1.165) is 0 Å². The number of aromatic amines is 1. The van der Waals surface area contributed by atoms with Gasteiger partial charge >= 0.3 is 5.97 Å². The third-order valence-electron chi connectivity index (χ3n) is 3.62. The Morgan fingerprint density at radius 1 is 1.35 bits per heavy atom. The Morgan fingerprint density at radius 3 is 2.61 bits per heavy atom. The zero-order valence-electron chi connectivity index (χ0n) is 12.9. The van der Waals surface area contributed by atoms with Crippen LogP contribution in [0.5, 0.6) is 0 Å². The summed E-state index contributed by atoms with van der Waals surface area (Å²) in [5, 5.41) is 8.97. The molecule has 0 aliphatic rings. The molecule has 2 rings (SSSR count). The van der Waals surface area contributed by atoms with Crippen molar-refractivity contribution in [3.63, 3.8) is 0 Å². The van der Waals surface area contributed by atoms with E-state index in [9.17, 15) is 14.4 Å². The maximum Gasteiger partial charge on any atom is 0.323 e. The van der Waals surface area contributed by atoms with Gasteiger partial charge in [-0.05, 0) is 37.6 Å². The molecular weight excluding hydrogens is 300 g/mol. The molecule has 23 heavy (non-hydrogen) atoms. The van der Waals surface area contributed by atoms with Gasteiger partial charge in [0.2, 0.25) is 0 Å². The fourth-order valence-electron chi connectivity index (χ4n) is 2.17. The Morgan fingerprint density at radius 2 is 2.09 bits per heavy atom. The normalized spacial score (nSPS) is 11.9. The van der Waals surface area contributed by atoms with Gasteiger partial charge in [-0.2, -0.15) is 0 Å². The predicted octanol–water partition coefficient (Wildman–Crippen LogP) is 1.96. The van der Waals surface area contributed by atoms with Crippen LogP contribution < -0.4 is 5.56 Å². The largest absolute Gasteiger partial charge is 0.480 e. The van der Waals surface area contributed by atoms with Gasteiger partial charge in [0.1, 0.15) is 17.9 Å². The molecule has 7 heteroatoms. The molecule has 2 aromatic heterocycles. The molecule has 0 aromatic carbocycles. The lowest BCUT2D eigenvalue weighted by Crippen LogP contribution is -2.43. The number of hydrogen-bond donors (Lipinski definition) is 2. The molecule has 2 aromatic rings. The summed E-state index contributed by atoms with van der Waals surface area (Å²) in [5.74, 6) is -1.25. The quantitative estimate of drug-likeness (QED) is 0.847. The van der Waals surface area contributed by atoms with Gasteiger partial charge in [0.05, 0.1) is 12.0 Å². The molecule has 1 amide bonds.